The third-order valence-corrected chi connectivity index (χ3v) is 10.2. The number of carbonyl (C=O) groups excluding carboxylic acids is 1. The van der Waals surface area contributed by atoms with Crippen LogP contribution in [0.4, 0.5) is 0 Å². The Labute approximate surface area is 195 Å². The van der Waals surface area contributed by atoms with Crippen molar-refractivity contribution in [3.63, 3.8) is 0 Å². The Morgan fingerprint density at radius 1 is 0.710 bits per heavy atom. The van der Waals surface area contributed by atoms with Crippen LogP contribution in [-0.4, -0.2) is 14.3 Å². The van der Waals surface area contributed by atoms with Crippen molar-refractivity contribution in [1.29, 1.82) is 0 Å². The van der Waals surface area contributed by atoms with Crippen molar-refractivity contribution in [3.8, 4) is 0 Å². The van der Waals surface area contributed by atoms with Crippen LogP contribution in [0, 0.1) is 0 Å². The molecule has 0 aliphatic rings. The van der Waals surface area contributed by atoms with Crippen LogP contribution in [0.1, 0.15) is 105 Å². The molecule has 2 nitrogen and oxygen atoms in total. The average Bonchev–Trinajstić information content (AvgIpc) is 2.68. The van der Waals surface area contributed by atoms with Gasteiger partial charge >= 0.3 is 0 Å². The van der Waals surface area contributed by atoms with E-state index in [0.29, 0.717) is 6.42 Å². The first-order valence-corrected chi connectivity index (χ1v) is 15.4. The van der Waals surface area contributed by atoms with E-state index in [0.717, 1.165) is 44.9 Å². The number of allylic oxidation sites excluding steroid dienone is 8. The van der Waals surface area contributed by atoms with Crippen molar-refractivity contribution < 1.29 is 9.22 Å². The minimum absolute atomic E-state index is 0.00989. The maximum Gasteiger partial charge on any atom is 0.292 e. The van der Waals surface area contributed by atoms with E-state index in [2.05, 4.69) is 89.4 Å². The SMILES string of the molecule is CCCCC/C=C\C/C=C\C/C=C\C/C=C\CCCCCC(=O)O[Si](C)(C)C(C)(C)C. The van der Waals surface area contributed by atoms with Crippen molar-refractivity contribution in [3.05, 3.63) is 48.6 Å². The van der Waals surface area contributed by atoms with Crippen LogP contribution < -0.4 is 0 Å². The fraction of sp³-hybridized carbons (Fsp3) is 0.679. The molecule has 0 fully saturated rings. The van der Waals surface area contributed by atoms with E-state index in [1.165, 1.54) is 25.7 Å². The zero-order chi connectivity index (χ0) is 23.4. The molecule has 31 heavy (non-hydrogen) atoms. The van der Waals surface area contributed by atoms with Crippen LogP contribution in [0.25, 0.3) is 0 Å². The zero-order valence-corrected chi connectivity index (χ0v) is 22.4. The fourth-order valence-electron chi connectivity index (χ4n) is 2.76. The average molecular weight is 447 g/mol. The van der Waals surface area contributed by atoms with Crippen LogP contribution >= 0.6 is 0 Å². The highest BCUT2D eigenvalue weighted by molar-refractivity contribution is 6.75. The van der Waals surface area contributed by atoms with Crippen LogP contribution in [0.15, 0.2) is 48.6 Å². The molecule has 0 aromatic heterocycles. The molecule has 0 aromatic carbocycles. The van der Waals surface area contributed by atoms with E-state index < -0.39 is 8.32 Å². The highest BCUT2D eigenvalue weighted by Gasteiger charge is 2.40. The lowest BCUT2D eigenvalue weighted by Crippen LogP contribution is -2.42. The minimum Gasteiger partial charge on any atom is -0.519 e. The summed E-state index contributed by atoms with van der Waals surface area (Å²) in [5.74, 6) is -0.00989. The van der Waals surface area contributed by atoms with Gasteiger partial charge in [0.15, 0.2) is 0 Å². The van der Waals surface area contributed by atoms with Gasteiger partial charge in [-0.1, -0.05) is 95.6 Å². The standard InChI is InChI=1S/C28H50O2Si/c1-7-8-9-10-11-12-13-14-15-16-17-18-19-20-21-22-23-24-25-26-27(29)30-31(5,6)28(2,3)4/h11-12,14-15,17-18,20-21H,7-10,13,16,19,22-26H2,1-6H3/b12-11-,15-14-,18-17-,21-20-. The van der Waals surface area contributed by atoms with Crippen LogP contribution in [0.2, 0.25) is 18.1 Å². The predicted octanol–water partition coefficient (Wildman–Crippen LogP) is 9.46. The van der Waals surface area contributed by atoms with E-state index in [9.17, 15) is 4.79 Å². The molecule has 0 spiro atoms. The van der Waals surface area contributed by atoms with Crippen LogP contribution in [0.3, 0.4) is 0 Å². The summed E-state index contributed by atoms with van der Waals surface area (Å²) in [6.07, 6.45) is 31.1. The van der Waals surface area contributed by atoms with E-state index >= 15 is 0 Å². The van der Waals surface area contributed by atoms with E-state index in [-0.39, 0.29) is 11.0 Å². The van der Waals surface area contributed by atoms with Gasteiger partial charge in [-0.25, -0.2) is 0 Å². The monoisotopic (exact) mass is 446 g/mol. The summed E-state index contributed by atoms with van der Waals surface area (Å²) in [6, 6.07) is 0. The lowest BCUT2D eigenvalue weighted by Gasteiger charge is -2.35. The van der Waals surface area contributed by atoms with Crippen molar-refractivity contribution in [2.24, 2.45) is 0 Å². The molecule has 0 aliphatic heterocycles. The van der Waals surface area contributed by atoms with Crippen LogP contribution in [0.5, 0.6) is 0 Å². The van der Waals surface area contributed by atoms with Gasteiger partial charge < -0.3 is 4.43 Å². The van der Waals surface area contributed by atoms with E-state index in [1.807, 2.05) is 0 Å². The molecule has 0 unspecified atom stereocenters. The summed E-state index contributed by atoms with van der Waals surface area (Å²) in [6.45, 7) is 13.0. The van der Waals surface area contributed by atoms with E-state index in [1.54, 1.807) is 0 Å². The Balaban J connectivity index is 3.63. The Morgan fingerprint density at radius 2 is 1.16 bits per heavy atom. The third kappa shape index (κ3) is 18.0. The van der Waals surface area contributed by atoms with Crippen molar-refractivity contribution >= 4 is 14.3 Å². The molecule has 178 valence electrons. The number of hydrogen-bond donors (Lipinski definition) is 0. The second kappa shape index (κ2) is 18.2. The first-order chi connectivity index (χ1) is 14.7. The second-order valence-electron chi connectivity index (χ2n) is 9.92. The Morgan fingerprint density at radius 3 is 1.61 bits per heavy atom. The largest absolute Gasteiger partial charge is 0.519 e. The molecular formula is C28H50O2Si. The smallest absolute Gasteiger partial charge is 0.292 e. The highest BCUT2D eigenvalue weighted by atomic mass is 28.4. The molecule has 0 bridgehead atoms. The number of unbranched alkanes of at least 4 members (excludes halogenated alkanes) is 6. The zero-order valence-electron chi connectivity index (χ0n) is 21.4. The molecule has 0 radical (unpaired) electrons. The Bertz CT molecular complexity index is 562. The minimum atomic E-state index is -1.96. The lowest BCUT2D eigenvalue weighted by molar-refractivity contribution is -0.135. The maximum absolute atomic E-state index is 12.1. The normalized spacial score (nSPS) is 13.4. The molecule has 0 aliphatic carbocycles. The molecular weight excluding hydrogens is 396 g/mol. The van der Waals surface area contributed by atoms with Gasteiger partial charge in [0.25, 0.3) is 14.3 Å². The summed E-state index contributed by atoms with van der Waals surface area (Å²) < 4.78 is 5.81. The molecule has 0 aromatic rings. The van der Waals surface area contributed by atoms with Gasteiger partial charge in [-0.2, -0.15) is 0 Å². The molecule has 0 rings (SSSR count). The molecule has 0 N–H and O–H groups in total. The van der Waals surface area contributed by atoms with Gasteiger partial charge in [0.1, 0.15) is 0 Å². The van der Waals surface area contributed by atoms with Gasteiger partial charge in [0.2, 0.25) is 0 Å². The van der Waals surface area contributed by atoms with E-state index in [4.69, 9.17) is 4.43 Å². The first-order valence-electron chi connectivity index (χ1n) is 12.5. The molecule has 0 saturated heterocycles. The molecule has 0 heterocycles. The first kappa shape index (κ1) is 29.6. The third-order valence-electron chi connectivity index (χ3n) is 5.88. The second-order valence-corrected chi connectivity index (χ2v) is 14.6. The Hall–Kier alpha value is -1.35. The highest BCUT2D eigenvalue weighted by Crippen LogP contribution is 2.36. The summed E-state index contributed by atoms with van der Waals surface area (Å²) >= 11 is 0. The molecule has 0 atom stereocenters. The number of hydrogen-bond acceptors (Lipinski definition) is 2. The topological polar surface area (TPSA) is 26.3 Å². The number of rotatable bonds is 17. The van der Waals surface area contributed by atoms with Gasteiger partial charge in [-0.3, -0.25) is 4.79 Å². The predicted molar refractivity (Wildman–Crippen MR) is 141 cm³/mol. The molecule has 0 amide bonds. The summed E-state index contributed by atoms with van der Waals surface area (Å²) in [4.78, 5) is 12.1. The maximum atomic E-state index is 12.1. The van der Waals surface area contributed by atoms with Gasteiger partial charge in [0, 0.05) is 6.42 Å². The van der Waals surface area contributed by atoms with Gasteiger partial charge in [0.05, 0.1) is 0 Å². The molecule has 3 heteroatoms. The quantitative estimate of drug-likeness (QED) is 0.126. The fourth-order valence-corrected chi connectivity index (χ4v) is 3.74. The van der Waals surface area contributed by atoms with Crippen molar-refractivity contribution in [1.82, 2.24) is 0 Å². The summed E-state index contributed by atoms with van der Waals surface area (Å²) in [5, 5.41) is 0.0864. The lowest BCUT2D eigenvalue weighted by atomic mass is 10.1. The van der Waals surface area contributed by atoms with Crippen LogP contribution in [-0.2, 0) is 9.22 Å². The van der Waals surface area contributed by atoms with Gasteiger partial charge in [-0.05, 0) is 69.5 Å². The summed E-state index contributed by atoms with van der Waals surface area (Å²) in [7, 11) is -1.96. The number of carbonyl (C=O) groups is 1. The van der Waals surface area contributed by atoms with Gasteiger partial charge in [-0.15, -0.1) is 0 Å². The Kier molecular flexibility index (Phi) is 17.4. The van der Waals surface area contributed by atoms with Crippen molar-refractivity contribution in [2.45, 2.75) is 123 Å². The molecule has 0 saturated carbocycles. The van der Waals surface area contributed by atoms with Crippen molar-refractivity contribution in [2.75, 3.05) is 0 Å². The summed E-state index contributed by atoms with van der Waals surface area (Å²) in [5.41, 5.74) is 0.